The number of halogens is 4. The van der Waals surface area contributed by atoms with Gasteiger partial charge in [0.2, 0.25) is 0 Å². The summed E-state index contributed by atoms with van der Waals surface area (Å²) in [4.78, 5) is 14.4. The van der Waals surface area contributed by atoms with Crippen molar-refractivity contribution in [1.29, 1.82) is 0 Å². The Morgan fingerprint density at radius 2 is 1.88 bits per heavy atom. The largest absolute Gasteiger partial charge is 0.372 e. The maximum atomic E-state index is 13.2. The Labute approximate surface area is 160 Å². The van der Waals surface area contributed by atoms with Crippen LogP contribution < -0.4 is 0 Å². The first kappa shape index (κ1) is 19.1. The standard InChI is InChI=1S/C19H17Cl2F2NO2/c20-13-3-4-17(18(21)8-13)19(25)24-5-1-2-16(10-24)26-11-12-6-14(22)9-15(23)7-12/h3-4,6-9,16H,1-2,5,10-11H2. The Hall–Kier alpha value is -1.69. The summed E-state index contributed by atoms with van der Waals surface area (Å²) in [7, 11) is 0. The van der Waals surface area contributed by atoms with Gasteiger partial charge in [0.25, 0.3) is 5.91 Å². The molecule has 1 saturated heterocycles. The average molecular weight is 400 g/mol. The number of ether oxygens (including phenoxy) is 1. The minimum Gasteiger partial charge on any atom is -0.372 e. The first-order valence-corrected chi connectivity index (χ1v) is 8.99. The van der Waals surface area contributed by atoms with Crippen LogP contribution in [0.5, 0.6) is 0 Å². The van der Waals surface area contributed by atoms with Gasteiger partial charge in [0, 0.05) is 24.2 Å². The number of piperidine rings is 1. The molecule has 0 aromatic heterocycles. The quantitative estimate of drug-likeness (QED) is 0.716. The summed E-state index contributed by atoms with van der Waals surface area (Å²) in [5, 5.41) is 0.773. The number of nitrogens with zero attached hydrogens (tertiary/aromatic N) is 1. The van der Waals surface area contributed by atoms with E-state index in [9.17, 15) is 13.6 Å². The molecule has 3 rings (SSSR count). The Morgan fingerprint density at radius 1 is 1.15 bits per heavy atom. The lowest BCUT2D eigenvalue weighted by molar-refractivity contribution is -0.00686. The van der Waals surface area contributed by atoms with E-state index in [0.717, 1.165) is 18.9 Å². The summed E-state index contributed by atoms with van der Waals surface area (Å²) in [6, 6.07) is 8.06. The van der Waals surface area contributed by atoms with Crippen molar-refractivity contribution in [2.24, 2.45) is 0 Å². The second-order valence-electron chi connectivity index (χ2n) is 6.23. The maximum Gasteiger partial charge on any atom is 0.255 e. The zero-order valence-electron chi connectivity index (χ0n) is 13.9. The van der Waals surface area contributed by atoms with Crippen molar-refractivity contribution in [3.63, 3.8) is 0 Å². The van der Waals surface area contributed by atoms with Crippen molar-refractivity contribution in [2.75, 3.05) is 13.1 Å². The van der Waals surface area contributed by atoms with Gasteiger partial charge in [-0.25, -0.2) is 8.78 Å². The van der Waals surface area contributed by atoms with Crippen molar-refractivity contribution >= 4 is 29.1 Å². The van der Waals surface area contributed by atoms with Crippen LogP contribution in [0.25, 0.3) is 0 Å². The first-order chi connectivity index (χ1) is 12.4. The molecule has 3 nitrogen and oxygen atoms in total. The summed E-state index contributed by atoms with van der Waals surface area (Å²) in [6.07, 6.45) is 1.35. The van der Waals surface area contributed by atoms with Gasteiger partial charge < -0.3 is 9.64 Å². The molecule has 1 atom stereocenters. The molecular formula is C19H17Cl2F2NO2. The van der Waals surface area contributed by atoms with Gasteiger partial charge in [-0.05, 0) is 48.7 Å². The van der Waals surface area contributed by atoms with E-state index in [4.69, 9.17) is 27.9 Å². The SMILES string of the molecule is O=C(c1ccc(Cl)cc1Cl)N1CCCC(OCc2cc(F)cc(F)c2)C1. The highest BCUT2D eigenvalue weighted by atomic mass is 35.5. The normalized spacial score (nSPS) is 17.4. The second-order valence-corrected chi connectivity index (χ2v) is 7.07. The number of likely N-dealkylation sites (tertiary alicyclic amines) is 1. The van der Waals surface area contributed by atoms with E-state index in [1.165, 1.54) is 18.2 Å². The van der Waals surface area contributed by atoms with Crippen molar-refractivity contribution in [3.8, 4) is 0 Å². The molecule has 0 aliphatic carbocycles. The summed E-state index contributed by atoms with van der Waals surface area (Å²) < 4.78 is 32.3. The van der Waals surface area contributed by atoms with E-state index in [1.807, 2.05) is 0 Å². The highest BCUT2D eigenvalue weighted by Gasteiger charge is 2.26. The summed E-state index contributed by atoms with van der Waals surface area (Å²) in [6.45, 7) is 1.09. The number of hydrogen-bond acceptors (Lipinski definition) is 2. The van der Waals surface area contributed by atoms with Crippen LogP contribution in [0.2, 0.25) is 10.0 Å². The summed E-state index contributed by atoms with van der Waals surface area (Å²) >= 11 is 12.0. The number of rotatable bonds is 4. The monoisotopic (exact) mass is 399 g/mol. The first-order valence-electron chi connectivity index (χ1n) is 8.23. The van der Waals surface area contributed by atoms with Crippen LogP contribution >= 0.6 is 23.2 Å². The van der Waals surface area contributed by atoms with Crippen molar-refractivity contribution < 1.29 is 18.3 Å². The van der Waals surface area contributed by atoms with Crippen molar-refractivity contribution in [2.45, 2.75) is 25.6 Å². The van der Waals surface area contributed by atoms with Gasteiger partial charge in [0.15, 0.2) is 0 Å². The number of hydrogen-bond donors (Lipinski definition) is 0. The molecule has 1 fully saturated rings. The lowest BCUT2D eigenvalue weighted by Crippen LogP contribution is -2.43. The second kappa shape index (κ2) is 8.33. The van der Waals surface area contributed by atoms with Gasteiger partial charge in [0.05, 0.1) is 23.3 Å². The predicted octanol–water partition coefficient (Wildman–Crippen LogP) is 5.09. The molecule has 0 N–H and O–H groups in total. The molecule has 0 bridgehead atoms. The molecule has 1 aliphatic heterocycles. The summed E-state index contributed by atoms with van der Waals surface area (Å²) in [5.41, 5.74) is 0.815. The third kappa shape index (κ3) is 4.72. The van der Waals surface area contributed by atoms with Gasteiger partial charge >= 0.3 is 0 Å². The fourth-order valence-corrected chi connectivity index (χ4v) is 3.49. The molecule has 138 valence electrons. The van der Waals surface area contributed by atoms with Gasteiger partial charge in [-0.2, -0.15) is 0 Å². The fraction of sp³-hybridized carbons (Fsp3) is 0.316. The van der Waals surface area contributed by atoms with Crippen LogP contribution in [-0.4, -0.2) is 30.0 Å². The van der Waals surface area contributed by atoms with E-state index in [0.29, 0.717) is 34.3 Å². The fourth-order valence-electron chi connectivity index (χ4n) is 3.00. The van der Waals surface area contributed by atoms with Crippen LogP contribution in [0, 0.1) is 11.6 Å². The maximum absolute atomic E-state index is 13.2. The Morgan fingerprint density at radius 3 is 2.58 bits per heavy atom. The number of carbonyl (C=O) groups excluding carboxylic acids is 1. The van der Waals surface area contributed by atoms with Crippen LogP contribution in [0.3, 0.4) is 0 Å². The molecule has 0 radical (unpaired) electrons. The Kier molecular flexibility index (Phi) is 6.12. The molecule has 1 unspecified atom stereocenters. The molecule has 1 heterocycles. The molecular weight excluding hydrogens is 383 g/mol. The molecule has 26 heavy (non-hydrogen) atoms. The number of amides is 1. The minimum absolute atomic E-state index is 0.0864. The smallest absolute Gasteiger partial charge is 0.255 e. The molecule has 0 spiro atoms. The molecule has 7 heteroatoms. The predicted molar refractivity (Wildman–Crippen MR) is 96.5 cm³/mol. The van der Waals surface area contributed by atoms with Gasteiger partial charge in [-0.1, -0.05) is 23.2 Å². The van der Waals surface area contributed by atoms with E-state index in [2.05, 4.69) is 0 Å². The van der Waals surface area contributed by atoms with Gasteiger partial charge in [0.1, 0.15) is 11.6 Å². The Balaban J connectivity index is 1.62. The van der Waals surface area contributed by atoms with E-state index < -0.39 is 11.6 Å². The third-order valence-electron chi connectivity index (χ3n) is 4.23. The van der Waals surface area contributed by atoms with Crippen LogP contribution in [0.15, 0.2) is 36.4 Å². The Bertz CT molecular complexity index is 796. The van der Waals surface area contributed by atoms with E-state index >= 15 is 0 Å². The van der Waals surface area contributed by atoms with E-state index in [1.54, 1.807) is 17.0 Å². The van der Waals surface area contributed by atoms with Crippen LogP contribution in [0.1, 0.15) is 28.8 Å². The topological polar surface area (TPSA) is 29.5 Å². The molecule has 2 aromatic carbocycles. The lowest BCUT2D eigenvalue weighted by Gasteiger charge is -2.33. The summed E-state index contributed by atoms with van der Waals surface area (Å²) in [5.74, 6) is -1.46. The minimum atomic E-state index is -0.638. The van der Waals surface area contributed by atoms with Crippen LogP contribution in [-0.2, 0) is 11.3 Å². The zero-order chi connectivity index (χ0) is 18.7. The molecule has 1 amide bonds. The lowest BCUT2D eigenvalue weighted by atomic mass is 10.1. The van der Waals surface area contributed by atoms with Crippen molar-refractivity contribution in [3.05, 3.63) is 69.2 Å². The van der Waals surface area contributed by atoms with E-state index in [-0.39, 0.29) is 18.6 Å². The third-order valence-corrected chi connectivity index (χ3v) is 4.78. The molecule has 0 saturated carbocycles. The van der Waals surface area contributed by atoms with Crippen LogP contribution in [0.4, 0.5) is 8.78 Å². The van der Waals surface area contributed by atoms with Gasteiger partial charge in [-0.3, -0.25) is 4.79 Å². The zero-order valence-corrected chi connectivity index (χ0v) is 15.4. The molecule has 2 aromatic rings. The number of benzene rings is 2. The molecule has 1 aliphatic rings. The van der Waals surface area contributed by atoms with Gasteiger partial charge in [-0.15, -0.1) is 0 Å². The highest BCUT2D eigenvalue weighted by Crippen LogP contribution is 2.24. The van der Waals surface area contributed by atoms with Crippen molar-refractivity contribution in [1.82, 2.24) is 4.90 Å². The highest BCUT2D eigenvalue weighted by molar-refractivity contribution is 6.36. The average Bonchev–Trinajstić information content (AvgIpc) is 2.59. The number of carbonyl (C=O) groups is 1.